The van der Waals surface area contributed by atoms with E-state index in [4.69, 9.17) is 28.2 Å². The summed E-state index contributed by atoms with van der Waals surface area (Å²) in [5, 5.41) is 8.87. The zero-order valence-electron chi connectivity index (χ0n) is 83.4. The second-order valence-electron chi connectivity index (χ2n) is 39.5. The summed E-state index contributed by atoms with van der Waals surface area (Å²) in [5.41, 5.74) is 30.9. The van der Waals surface area contributed by atoms with Gasteiger partial charge in [-0.25, -0.2) is 14.4 Å². The van der Waals surface area contributed by atoms with E-state index < -0.39 is 16.1 Å². The van der Waals surface area contributed by atoms with Gasteiger partial charge in [-0.1, -0.05) is 278 Å². The zero-order chi connectivity index (χ0) is 98.3. The SMILES string of the molecule is CC(C)(C)c1ccnc(-c2[c-]cc3oc4nc(Cc5ccccc5)ccc4c3c2)c1.C[Si](C)(C)c1ccc(-c2[c-]cccc2)nc1.Cc1c[c-]c(-c2ccc([Si](C)(C)C)cn2)cc1.Cc1cc2oc3c[c-]c(-c4cc(F)ccn4)cc3c2c(Cc2ccccc2)n1.Cc1cnc(-c2[c-]cccc2)cc1-c1ccccc1.[Ir].[Ir].[Ir].[c-]1cc2oc3nc(Cc4ccccc4)ccc3c2cc1-c1cc(CC2CCCC2)ccn1. The van der Waals surface area contributed by atoms with Crippen LogP contribution in [-0.4, -0.2) is 61.0 Å². The smallest absolute Gasteiger partial charge is 0.216 e. The molecule has 0 saturated heterocycles. The largest absolute Gasteiger partial charge is 0.500 e. The molecule has 12 nitrogen and oxygen atoms in total. The van der Waals surface area contributed by atoms with Gasteiger partial charge in [-0.15, -0.1) is 178 Å². The van der Waals surface area contributed by atoms with Crippen LogP contribution in [0.25, 0.3) is 145 Å². The summed E-state index contributed by atoms with van der Waals surface area (Å²) in [6.45, 7) is 26.8. The van der Waals surface area contributed by atoms with Crippen molar-refractivity contribution in [1.82, 2.24) is 44.9 Å². The fraction of sp³-hybridized carbons (Fsp3) is 0.173. The quantitative estimate of drug-likeness (QED) is 0.0629. The summed E-state index contributed by atoms with van der Waals surface area (Å²) in [5.74, 6) is 0.503. The van der Waals surface area contributed by atoms with Gasteiger partial charge in [0.25, 0.3) is 0 Å². The molecule has 1 aliphatic carbocycles. The first-order valence-electron chi connectivity index (χ1n) is 48.6. The summed E-state index contributed by atoms with van der Waals surface area (Å²) in [7, 11) is -2.47. The average molecular weight is 2460 g/mol. The first-order chi connectivity index (χ1) is 68.8. The van der Waals surface area contributed by atoms with Crippen LogP contribution in [-0.2, 0) is 91.4 Å². The molecule has 12 aromatic heterocycles. The third-order valence-corrected chi connectivity index (χ3v) is 29.6. The molecule has 0 spiro atoms. The van der Waals surface area contributed by atoms with Crippen molar-refractivity contribution < 1.29 is 78.0 Å². The third kappa shape index (κ3) is 27.1. The van der Waals surface area contributed by atoms with Crippen LogP contribution in [0.1, 0.15) is 108 Å². The Labute approximate surface area is 892 Å². The van der Waals surface area contributed by atoms with E-state index in [1.54, 1.807) is 6.07 Å². The minimum absolute atomic E-state index is 0. The minimum Gasteiger partial charge on any atom is -0.500 e. The summed E-state index contributed by atoms with van der Waals surface area (Å²) >= 11 is 0. The Morgan fingerprint density at radius 3 is 1.30 bits per heavy atom. The molecule has 731 valence electrons. The summed E-state index contributed by atoms with van der Waals surface area (Å²) < 4.78 is 31.8. The Morgan fingerprint density at radius 1 is 0.359 bits per heavy atom. The standard InChI is InChI=1S/C29H25N2O.C27H23N2O.C24H16FN2O.C18H14N.C15H18NSi.C14H16NSi.3Ir/c1-2-6-21(7-3-1)17-24-11-12-25-26-19-23(10-13-28(26)32-29(25)31-24)27-18-22(14-15-30-27)16-20-8-4-5-9-20;1-27(2,3)20-13-14-28-24(17-20)19-9-12-25-23(16-19)22-11-10-21(29-26(22)30-25)15-18-7-5-4-6-8-18;1-15-11-23-24(21(27-15)12-16-5-3-2-4-6-16)19-13-17(7-8-22(19)28-23)20-14-18(25)9-10-26-20;1-14-13-19-18(16-10-6-3-7-11-16)12-17(14)15-8-4-2-5-9-15;1-12-5-7-13(8-6-12)15-10-9-14(11-16-15)17(2,3)4;1-16(2,3)13-9-10-14(15-11-13)12-7-5-4-6-8-12;;;/h1-3,6-7,11-15,18-20H,4-5,8-9,16-17H2;4-8,10-14,16-17H,15H2,1-3H3;2-6,8-11,13-14H,12H2,1H3;2-10,12-13H,1H3;5-7,9-11H,1-4H3;4-7,9-11H,1-3H3;;;/q6*-1;;;. The van der Waals surface area contributed by atoms with Gasteiger partial charge in [-0.3, -0.25) is 4.98 Å². The van der Waals surface area contributed by atoms with Crippen molar-refractivity contribution in [1.29, 1.82) is 0 Å². The molecular formula is C127H112FIr3N9O3Si2-6. The van der Waals surface area contributed by atoms with Crippen LogP contribution < -0.4 is 10.4 Å². The van der Waals surface area contributed by atoms with Crippen molar-refractivity contribution in [3.63, 3.8) is 0 Å². The first-order valence-corrected chi connectivity index (χ1v) is 55.6. The van der Waals surface area contributed by atoms with Crippen molar-refractivity contribution in [2.45, 2.75) is 138 Å². The van der Waals surface area contributed by atoms with E-state index in [1.165, 1.54) is 104 Å². The maximum absolute atomic E-state index is 13.6. The molecule has 0 bridgehead atoms. The number of hydrogen-bond donors (Lipinski definition) is 0. The van der Waals surface area contributed by atoms with E-state index in [1.807, 2.05) is 153 Å². The number of rotatable bonds is 17. The molecule has 0 amide bonds. The third-order valence-electron chi connectivity index (χ3n) is 25.6. The van der Waals surface area contributed by atoms with Crippen LogP contribution >= 0.6 is 0 Å². The van der Waals surface area contributed by atoms with Crippen LogP contribution in [0.5, 0.6) is 0 Å². The topological polar surface area (TPSA) is 155 Å². The number of pyridine rings is 9. The van der Waals surface area contributed by atoms with E-state index in [0.717, 1.165) is 164 Å². The van der Waals surface area contributed by atoms with E-state index in [2.05, 4.69) is 328 Å². The van der Waals surface area contributed by atoms with E-state index >= 15 is 0 Å². The number of hydrogen-bond acceptors (Lipinski definition) is 12. The van der Waals surface area contributed by atoms with E-state index in [0.29, 0.717) is 23.5 Å². The Hall–Kier alpha value is -13.7. The number of fused-ring (bicyclic) bond motifs is 9. The first kappa shape index (κ1) is 106. The van der Waals surface area contributed by atoms with Gasteiger partial charge in [0.05, 0.1) is 38.6 Å². The number of aromatic nitrogens is 9. The predicted molar refractivity (Wildman–Crippen MR) is 584 cm³/mol. The van der Waals surface area contributed by atoms with Crippen LogP contribution in [0.15, 0.2) is 372 Å². The molecular weight excluding hydrogens is 2350 g/mol. The van der Waals surface area contributed by atoms with E-state index in [9.17, 15) is 4.39 Å². The number of halogens is 1. The minimum atomic E-state index is -1.24. The predicted octanol–water partition coefficient (Wildman–Crippen LogP) is 30.8. The number of furan rings is 3. The van der Waals surface area contributed by atoms with E-state index in [-0.39, 0.29) is 71.5 Å². The van der Waals surface area contributed by atoms with Gasteiger partial charge >= 0.3 is 0 Å². The molecule has 23 rings (SSSR count). The molecule has 0 aliphatic heterocycles. The number of benzene rings is 10. The van der Waals surface area contributed by atoms with Crippen molar-refractivity contribution in [2.75, 3.05) is 0 Å². The molecule has 0 unspecified atom stereocenters. The maximum atomic E-state index is 13.6. The molecule has 0 N–H and O–H groups in total. The molecule has 0 atom stereocenters. The van der Waals surface area contributed by atoms with Crippen LogP contribution in [0, 0.1) is 68.9 Å². The molecule has 145 heavy (non-hydrogen) atoms. The summed E-state index contributed by atoms with van der Waals surface area (Å²) in [4.78, 5) is 41.4. The Balaban J connectivity index is 0.000000133. The maximum Gasteiger partial charge on any atom is 0.216 e. The van der Waals surface area contributed by atoms with Crippen LogP contribution in [0.2, 0.25) is 39.3 Å². The fourth-order valence-corrected chi connectivity index (χ4v) is 19.7. The fourth-order valence-electron chi connectivity index (χ4n) is 17.6. The molecule has 22 aromatic rings. The second kappa shape index (κ2) is 48.3. The number of aryl methyl sites for hydroxylation is 3. The molecule has 18 heteroatoms. The van der Waals surface area contributed by atoms with Gasteiger partial charge in [-0.2, -0.15) is 0 Å². The molecule has 1 aliphatic rings. The molecule has 1 fully saturated rings. The van der Waals surface area contributed by atoms with Gasteiger partial charge in [0.1, 0.15) is 11.4 Å². The van der Waals surface area contributed by atoms with Gasteiger partial charge in [0.2, 0.25) is 11.4 Å². The second-order valence-corrected chi connectivity index (χ2v) is 49.6. The molecule has 3 radical (unpaired) electrons. The van der Waals surface area contributed by atoms with Crippen molar-refractivity contribution in [3.8, 4) is 78.7 Å². The normalized spacial score (nSPS) is 11.8. The summed E-state index contributed by atoms with van der Waals surface area (Å²) in [6.07, 6.45) is 20.1. The van der Waals surface area contributed by atoms with Crippen LogP contribution in [0.3, 0.4) is 0 Å². The molecule has 1 saturated carbocycles. The Morgan fingerprint density at radius 2 is 0.814 bits per heavy atom. The molecule has 10 aromatic carbocycles. The van der Waals surface area contributed by atoms with Crippen molar-refractivity contribution in [2.24, 2.45) is 5.92 Å². The Kier molecular flexibility index (Phi) is 35.2. The molecule has 12 heterocycles. The zero-order valence-corrected chi connectivity index (χ0v) is 92.6. The van der Waals surface area contributed by atoms with Gasteiger partial charge in [0, 0.05) is 156 Å². The monoisotopic (exact) mass is 2460 g/mol. The van der Waals surface area contributed by atoms with Gasteiger partial charge < -0.3 is 43.2 Å². The number of nitrogens with zero attached hydrogens (tertiary/aromatic N) is 9. The summed E-state index contributed by atoms with van der Waals surface area (Å²) in [6, 6.07) is 127. The van der Waals surface area contributed by atoms with Crippen molar-refractivity contribution in [3.05, 3.63) is 463 Å². The van der Waals surface area contributed by atoms with Crippen LogP contribution in [0.4, 0.5) is 4.39 Å². The average Bonchev–Trinajstić information content (AvgIpc) is 1.62. The van der Waals surface area contributed by atoms with Crippen molar-refractivity contribution >= 4 is 92.6 Å². The Bertz CT molecular complexity index is 8060. The van der Waals surface area contributed by atoms with Gasteiger partial charge in [0.15, 0.2) is 0 Å². The van der Waals surface area contributed by atoms with Gasteiger partial charge in [-0.05, 0) is 164 Å².